The predicted molar refractivity (Wildman–Crippen MR) is 109 cm³/mol. The van der Waals surface area contributed by atoms with Crippen LogP contribution in [0.4, 0.5) is 5.69 Å². The summed E-state index contributed by atoms with van der Waals surface area (Å²) in [5.41, 5.74) is 2.75. The van der Waals surface area contributed by atoms with Crippen molar-refractivity contribution >= 4 is 45.2 Å². The maximum Gasteiger partial charge on any atom is 0.331 e. The number of thiazole rings is 1. The zero-order valence-electron chi connectivity index (χ0n) is 15.1. The van der Waals surface area contributed by atoms with Crippen LogP contribution in [0, 0.1) is 0 Å². The van der Waals surface area contributed by atoms with Crippen LogP contribution in [-0.2, 0) is 14.3 Å². The molecule has 6 heteroatoms. The van der Waals surface area contributed by atoms with Gasteiger partial charge < -0.3 is 10.1 Å². The zero-order chi connectivity index (χ0) is 19.2. The summed E-state index contributed by atoms with van der Waals surface area (Å²) in [7, 11) is 0. The second kappa shape index (κ2) is 8.60. The lowest BCUT2D eigenvalue weighted by Gasteiger charge is -2.08. The largest absolute Gasteiger partial charge is 0.452 e. The summed E-state index contributed by atoms with van der Waals surface area (Å²) < 4.78 is 6.02. The monoisotopic (exact) mass is 380 g/mol. The van der Waals surface area contributed by atoms with Crippen LogP contribution < -0.4 is 5.32 Å². The van der Waals surface area contributed by atoms with E-state index in [4.69, 9.17) is 4.74 Å². The van der Waals surface area contributed by atoms with Crippen LogP contribution in [0.15, 0.2) is 54.6 Å². The molecule has 3 rings (SSSR count). The van der Waals surface area contributed by atoms with Gasteiger partial charge in [0.2, 0.25) is 0 Å². The molecule has 27 heavy (non-hydrogen) atoms. The molecule has 1 heterocycles. The minimum absolute atomic E-state index is 0.338. The lowest BCUT2D eigenvalue weighted by atomic mass is 10.0. The predicted octanol–water partition coefficient (Wildman–Crippen LogP) is 4.61. The molecule has 5 nitrogen and oxygen atoms in total. The Morgan fingerprint density at radius 3 is 2.59 bits per heavy atom. The first-order chi connectivity index (χ1) is 13.0. The van der Waals surface area contributed by atoms with E-state index in [0.717, 1.165) is 10.2 Å². The van der Waals surface area contributed by atoms with Gasteiger partial charge >= 0.3 is 5.97 Å². The van der Waals surface area contributed by atoms with Crippen LogP contribution in [0.3, 0.4) is 0 Å². The number of hydrogen-bond donors (Lipinski definition) is 1. The van der Waals surface area contributed by atoms with E-state index >= 15 is 0 Å². The highest BCUT2D eigenvalue weighted by atomic mass is 32.1. The molecule has 2 aromatic carbocycles. The van der Waals surface area contributed by atoms with Crippen LogP contribution >= 0.6 is 11.3 Å². The van der Waals surface area contributed by atoms with Crippen molar-refractivity contribution in [1.82, 2.24) is 4.98 Å². The lowest BCUT2D eigenvalue weighted by molar-refractivity contribution is -0.142. The standard InChI is InChI=1S/C21H20N2O3S/c1-14(2)15-7-9-16(10-8-15)22-19(24)13-26-21(25)12-11-20-23-17-5-3-4-6-18(17)27-20/h3-12,14H,13H2,1-2H3,(H,22,24)/b12-11+. The molecule has 1 N–H and O–H groups in total. The molecule has 3 aromatic rings. The quantitative estimate of drug-likeness (QED) is 0.501. The SMILES string of the molecule is CC(C)c1ccc(NC(=O)COC(=O)/C=C/c2nc3ccccc3s2)cc1. The van der Waals surface area contributed by atoms with Gasteiger partial charge in [0.25, 0.3) is 5.91 Å². The Morgan fingerprint density at radius 1 is 1.15 bits per heavy atom. The number of ether oxygens (including phenoxy) is 1. The lowest BCUT2D eigenvalue weighted by Crippen LogP contribution is -2.20. The summed E-state index contributed by atoms with van der Waals surface area (Å²) >= 11 is 1.48. The van der Waals surface area contributed by atoms with Crippen LogP contribution in [0.25, 0.3) is 16.3 Å². The van der Waals surface area contributed by atoms with E-state index in [-0.39, 0.29) is 12.5 Å². The molecule has 1 amide bonds. The minimum Gasteiger partial charge on any atom is -0.452 e. The maximum absolute atomic E-state index is 11.9. The van der Waals surface area contributed by atoms with Gasteiger partial charge in [-0.15, -0.1) is 11.3 Å². The van der Waals surface area contributed by atoms with Crippen molar-refractivity contribution in [1.29, 1.82) is 0 Å². The molecular formula is C21H20N2O3S. The van der Waals surface area contributed by atoms with E-state index < -0.39 is 5.97 Å². The number of fused-ring (bicyclic) bond motifs is 1. The average molecular weight is 380 g/mol. The molecule has 0 aliphatic rings. The second-order valence-corrected chi connectivity index (χ2v) is 7.35. The summed E-state index contributed by atoms with van der Waals surface area (Å²) in [5.74, 6) is -0.536. The Bertz CT molecular complexity index is 942. The van der Waals surface area contributed by atoms with Crippen molar-refractivity contribution in [2.45, 2.75) is 19.8 Å². The Balaban J connectivity index is 1.48. The molecule has 0 saturated carbocycles. The van der Waals surface area contributed by atoms with E-state index in [1.807, 2.05) is 48.5 Å². The Hall–Kier alpha value is -2.99. The molecule has 0 unspecified atom stereocenters. The highest BCUT2D eigenvalue weighted by Gasteiger charge is 2.07. The van der Waals surface area contributed by atoms with Gasteiger partial charge in [0, 0.05) is 11.8 Å². The Kier molecular flexibility index (Phi) is 5.98. The molecule has 0 bridgehead atoms. The number of carbonyl (C=O) groups excluding carboxylic acids is 2. The Morgan fingerprint density at radius 2 is 1.89 bits per heavy atom. The summed E-state index contributed by atoms with van der Waals surface area (Å²) in [5, 5.41) is 3.42. The molecule has 0 aliphatic carbocycles. The summed E-state index contributed by atoms with van der Waals surface area (Å²) in [6, 6.07) is 15.3. The molecule has 138 valence electrons. The average Bonchev–Trinajstić information content (AvgIpc) is 3.08. The number of esters is 1. The van der Waals surface area contributed by atoms with Crippen molar-refractivity contribution in [3.63, 3.8) is 0 Å². The van der Waals surface area contributed by atoms with Crippen LogP contribution in [0.2, 0.25) is 0 Å². The highest BCUT2D eigenvalue weighted by molar-refractivity contribution is 7.19. The summed E-state index contributed by atoms with van der Waals surface area (Å²) in [6.45, 7) is 3.87. The van der Waals surface area contributed by atoms with Crippen LogP contribution in [0.5, 0.6) is 0 Å². The van der Waals surface area contributed by atoms with E-state index in [0.29, 0.717) is 16.6 Å². The molecule has 0 fully saturated rings. The van der Waals surface area contributed by atoms with Crippen molar-refractivity contribution in [2.24, 2.45) is 0 Å². The van der Waals surface area contributed by atoms with E-state index in [1.54, 1.807) is 6.08 Å². The van der Waals surface area contributed by atoms with Gasteiger partial charge in [0.05, 0.1) is 10.2 Å². The summed E-state index contributed by atoms with van der Waals surface area (Å²) in [4.78, 5) is 28.1. The van der Waals surface area contributed by atoms with Crippen LogP contribution in [0.1, 0.15) is 30.3 Å². The van der Waals surface area contributed by atoms with Crippen molar-refractivity contribution < 1.29 is 14.3 Å². The molecule has 0 atom stereocenters. The van der Waals surface area contributed by atoms with Crippen LogP contribution in [-0.4, -0.2) is 23.5 Å². The minimum atomic E-state index is -0.584. The fraction of sp³-hybridized carbons (Fsp3) is 0.190. The van der Waals surface area contributed by atoms with E-state index in [2.05, 4.69) is 24.1 Å². The third-order valence-electron chi connectivity index (χ3n) is 3.88. The number of amides is 1. The molecule has 0 radical (unpaired) electrons. The third-order valence-corrected chi connectivity index (χ3v) is 4.88. The van der Waals surface area contributed by atoms with E-state index in [9.17, 15) is 9.59 Å². The molecule has 1 aromatic heterocycles. The molecule has 0 spiro atoms. The van der Waals surface area contributed by atoms with Gasteiger partial charge in [-0.05, 0) is 41.8 Å². The first-order valence-electron chi connectivity index (χ1n) is 8.61. The zero-order valence-corrected chi connectivity index (χ0v) is 16.0. The van der Waals surface area contributed by atoms with Gasteiger partial charge in [0.1, 0.15) is 5.01 Å². The van der Waals surface area contributed by atoms with Gasteiger partial charge in [-0.1, -0.05) is 38.1 Å². The van der Waals surface area contributed by atoms with Gasteiger partial charge in [-0.25, -0.2) is 9.78 Å². The number of para-hydroxylation sites is 1. The van der Waals surface area contributed by atoms with E-state index in [1.165, 1.54) is 23.0 Å². The fourth-order valence-electron chi connectivity index (χ4n) is 2.43. The molecule has 0 aliphatic heterocycles. The van der Waals surface area contributed by atoms with Crippen molar-refractivity contribution in [3.05, 3.63) is 65.2 Å². The number of nitrogens with zero attached hydrogens (tertiary/aromatic N) is 1. The van der Waals surface area contributed by atoms with Crippen molar-refractivity contribution in [2.75, 3.05) is 11.9 Å². The number of benzene rings is 2. The Labute approximate surface area is 161 Å². The van der Waals surface area contributed by atoms with Crippen molar-refractivity contribution in [3.8, 4) is 0 Å². The first kappa shape index (κ1) is 18.8. The van der Waals surface area contributed by atoms with Gasteiger partial charge in [-0.3, -0.25) is 4.79 Å². The van der Waals surface area contributed by atoms with Gasteiger partial charge in [0.15, 0.2) is 6.61 Å². The smallest absolute Gasteiger partial charge is 0.331 e. The number of anilines is 1. The number of carbonyl (C=O) groups is 2. The maximum atomic E-state index is 11.9. The molecule has 0 saturated heterocycles. The first-order valence-corrected chi connectivity index (χ1v) is 9.43. The second-order valence-electron chi connectivity index (χ2n) is 6.29. The number of rotatable bonds is 6. The topological polar surface area (TPSA) is 68.3 Å². The fourth-order valence-corrected chi connectivity index (χ4v) is 3.30. The molecular weight excluding hydrogens is 360 g/mol. The highest BCUT2D eigenvalue weighted by Crippen LogP contribution is 2.22. The number of aromatic nitrogens is 1. The number of nitrogens with one attached hydrogen (secondary N) is 1. The van der Waals surface area contributed by atoms with Gasteiger partial charge in [-0.2, -0.15) is 0 Å². The summed E-state index contributed by atoms with van der Waals surface area (Å²) in [6.07, 6.45) is 2.87. The number of hydrogen-bond acceptors (Lipinski definition) is 5. The third kappa shape index (κ3) is 5.24. The normalized spacial score (nSPS) is 11.2.